The number of rotatable bonds is 9. The molecule has 0 unspecified atom stereocenters. The third-order valence-electron chi connectivity index (χ3n) is 4.40. The molecule has 0 atom stereocenters. The van der Waals surface area contributed by atoms with Gasteiger partial charge in [0.05, 0.1) is 7.11 Å². The summed E-state index contributed by atoms with van der Waals surface area (Å²) in [6, 6.07) is 17.0. The molecular weight excluding hydrogens is 378 g/mol. The molecule has 30 heavy (non-hydrogen) atoms. The van der Waals surface area contributed by atoms with Crippen LogP contribution in [0.1, 0.15) is 31.9 Å². The molecule has 0 aliphatic rings. The number of unbranched alkanes of at least 4 members (excludes halogenated alkanes) is 1. The Morgan fingerprint density at radius 2 is 1.57 bits per heavy atom. The van der Waals surface area contributed by atoms with Crippen LogP contribution >= 0.6 is 0 Å². The molecule has 0 saturated carbocycles. The van der Waals surface area contributed by atoms with E-state index in [0.717, 1.165) is 41.3 Å². The average Bonchev–Trinajstić information content (AvgIpc) is 2.74. The lowest BCUT2D eigenvalue weighted by Crippen LogP contribution is -2.10. The topological polar surface area (TPSA) is 88.2 Å². The lowest BCUT2D eigenvalue weighted by atomic mass is 10.2. The van der Waals surface area contributed by atoms with Gasteiger partial charge in [-0.1, -0.05) is 13.3 Å². The molecule has 2 aromatic carbocycles. The summed E-state index contributed by atoms with van der Waals surface area (Å²) in [6.07, 6.45) is 2.43. The Kier molecular flexibility index (Phi) is 7.21. The number of nitrogens with one attached hydrogen (secondary N) is 3. The van der Waals surface area contributed by atoms with Crippen LogP contribution in [0.5, 0.6) is 5.75 Å². The minimum Gasteiger partial charge on any atom is -0.497 e. The molecule has 0 saturated heterocycles. The van der Waals surface area contributed by atoms with Crippen molar-refractivity contribution in [1.82, 2.24) is 9.97 Å². The molecule has 1 aromatic heterocycles. The van der Waals surface area contributed by atoms with Gasteiger partial charge < -0.3 is 20.7 Å². The van der Waals surface area contributed by atoms with E-state index >= 15 is 0 Å². The molecule has 0 fully saturated rings. The van der Waals surface area contributed by atoms with Gasteiger partial charge in [-0.15, -0.1) is 0 Å². The van der Waals surface area contributed by atoms with E-state index in [-0.39, 0.29) is 5.91 Å². The number of hydrogen-bond donors (Lipinski definition) is 3. The predicted molar refractivity (Wildman–Crippen MR) is 121 cm³/mol. The zero-order valence-corrected chi connectivity index (χ0v) is 17.5. The third-order valence-corrected chi connectivity index (χ3v) is 4.40. The quantitative estimate of drug-likeness (QED) is 0.441. The van der Waals surface area contributed by atoms with Crippen LogP contribution in [0.15, 0.2) is 54.6 Å². The highest BCUT2D eigenvalue weighted by atomic mass is 16.5. The highest BCUT2D eigenvalue weighted by Gasteiger charge is 2.05. The van der Waals surface area contributed by atoms with Crippen molar-refractivity contribution < 1.29 is 9.53 Å². The molecule has 7 heteroatoms. The van der Waals surface area contributed by atoms with Crippen LogP contribution in [0.4, 0.5) is 28.8 Å². The predicted octanol–water partition coefficient (Wildman–Crippen LogP) is 5.41. The first-order chi connectivity index (χ1) is 14.6. The largest absolute Gasteiger partial charge is 0.497 e. The number of ether oxygens (including phenoxy) is 1. The highest BCUT2D eigenvalue weighted by molar-refractivity contribution is 5.90. The van der Waals surface area contributed by atoms with Crippen molar-refractivity contribution in [2.45, 2.75) is 33.1 Å². The van der Waals surface area contributed by atoms with Crippen molar-refractivity contribution in [3.63, 3.8) is 0 Å². The summed E-state index contributed by atoms with van der Waals surface area (Å²) in [7, 11) is 1.64. The number of nitrogens with zero attached hydrogens (tertiary/aromatic N) is 2. The number of aromatic nitrogens is 2. The fraction of sp³-hybridized carbons (Fsp3) is 0.261. The molecular formula is C23H27N5O2. The first-order valence-corrected chi connectivity index (χ1v) is 9.99. The van der Waals surface area contributed by atoms with Crippen molar-refractivity contribution in [2.24, 2.45) is 0 Å². The van der Waals surface area contributed by atoms with Gasteiger partial charge in [-0.3, -0.25) is 4.79 Å². The van der Waals surface area contributed by atoms with Crippen LogP contribution in [0.3, 0.4) is 0 Å². The number of anilines is 5. The fourth-order valence-electron chi connectivity index (χ4n) is 2.84. The van der Waals surface area contributed by atoms with Gasteiger partial charge in [0.2, 0.25) is 11.9 Å². The van der Waals surface area contributed by atoms with Crippen molar-refractivity contribution in [2.75, 3.05) is 23.1 Å². The van der Waals surface area contributed by atoms with Crippen LogP contribution < -0.4 is 20.7 Å². The maximum atomic E-state index is 11.8. The standard InChI is InChI=1S/C23H27N5O2/c1-4-5-6-22(29)26-18-7-9-19(10-8-18)27-23-24-16(2)15-21(28-23)25-17-11-13-20(30-3)14-12-17/h7-15H,4-6H2,1-3H3,(H,26,29)(H2,24,25,27,28). The summed E-state index contributed by atoms with van der Waals surface area (Å²) in [4.78, 5) is 20.8. The van der Waals surface area contributed by atoms with E-state index in [1.807, 2.05) is 61.5 Å². The molecule has 3 rings (SSSR count). The van der Waals surface area contributed by atoms with Gasteiger partial charge >= 0.3 is 0 Å². The van der Waals surface area contributed by atoms with E-state index in [2.05, 4.69) is 32.8 Å². The molecule has 3 N–H and O–H groups in total. The van der Waals surface area contributed by atoms with E-state index in [9.17, 15) is 4.79 Å². The Hall–Kier alpha value is -3.61. The molecule has 0 spiro atoms. The number of carbonyl (C=O) groups excluding carboxylic acids is 1. The van der Waals surface area contributed by atoms with Crippen LogP contribution in [0, 0.1) is 6.92 Å². The molecule has 0 aliphatic carbocycles. The average molecular weight is 406 g/mol. The van der Waals surface area contributed by atoms with Gasteiger partial charge in [0, 0.05) is 35.2 Å². The second-order valence-electron chi connectivity index (χ2n) is 6.93. The zero-order valence-electron chi connectivity index (χ0n) is 17.5. The van der Waals surface area contributed by atoms with Gasteiger partial charge in [0.1, 0.15) is 11.6 Å². The first-order valence-electron chi connectivity index (χ1n) is 9.99. The summed E-state index contributed by atoms with van der Waals surface area (Å²) in [5, 5.41) is 9.39. The fourth-order valence-corrected chi connectivity index (χ4v) is 2.84. The maximum Gasteiger partial charge on any atom is 0.229 e. The van der Waals surface area contributed by atoms with Gasteiger partial charge in [-0.25, -0.2) is 4.98 Å². The Balaban J connectivity index is 1.65. The van der Waals surface area contributed by atoms with Gasteiger partial charge in [0.15, 0.2) is 0 Å². The maximum absolute atomic E-state index is 11.8. The summed E-state index contributed by atoms with van der Waals surface area (Å²) in [6.45, 7) is 3.99. The minimum absolute atomic E-state index is 0.0359. The Morgan fingerprint density at radius 3 is 2.23 bits per heavy atom. The first kappa shape index (κ1) is 21.1. The molecule has 1 amide bonds. The summed E-state index contributed by atoms with van der Waals surface area (Å²) in [5.74, 6) is 2.02. The van der Waals surface area contributed by atoms with E-state index in [4.69, 9.17) is 4.74 Å². The lowest BCUT2D eigenvalue weighted by molar-refractivity contribution is -0.116. The van der Waals surface area contributed by atoms with Crippen LogP contribution in [-0.4, -0.2) is 23.0 Å². The van der Waals surface area contributed by atoms with Crippen molar-refractivity contribution >= 4 is 34.7 Å². The molecule has 0 aliphatic heterocycles. The zero-order chi connectivity index (χ0) is 21.3. The van der Waals surface area contributed by atoms with Crippen LogP contribution in [-0.2, 0) is 4.79 Å². The molecule has 1 heterocycles. The third kappa shape index (κ3) is 6.20. The SMILES string of the molecule is CCCCC(=O)Nc1ccc(Nc2nc(C)cc(Nc3ccc(OC)cc3)n2)cc1. The second kappa shape index (κ2) is 10.2. The van der Waals surface area contributed by atoms with Gasteiger partial charge in [0.25, 0.3) is 0 Å². The van der Waals surface area contributed by atoms with E-state index in [1.165, 1.54) is 0 Å². The van der Waals surface area contributed by atoms with E-state index in [1.54, 1.807) is 7.11 Å². The minimum atomic E-state index is 0.0359. The van der Waals surface area contributed by atoms with Crippen LogP contribution in [0.25, 0.3) is 0 Å². The smallest absolute Gasteiger partial charge is 0.229 e. The number of benzene rings is 2. The Bertz CT molecular complexity index is 972. The number of aryl methyl sites for hydroxylation is 1. The van der Waals surface area contributed by atoms with E-state index < -0.39 is 0 Å². The normalized spacial score (nSPS) is 10.4. The second-order valence-corrected chi connectivity index (χ2v) is 6.93. The summed E-state index contributed by atoms with van der Waals surface area (Å²) < 4.78 is 5.18. The van der Waals surface area contributed by atoms with E-state index in [0.29, 0.717) is 18.2 Å². The number of carbonyl (C=O) groups is 1. The molecule has 0 radical (unpaired) electrons. The molecule has 7 nitrogen and oxygen atoms in total. The van der Waals surface area contributed by atoms with Gasteiger partial charge in [-0.05, 0) is 61.9 Å². The monoisotopic (exact) mass is 405 g/mol. The van der Waals surface area contributed by atoms with Crippen LogP contribution in [0.2, 0.25) is 0 Å². The number of amides is 1. The molecule has 0 bridgehead atoms. The van der Waals surface area contributed by atoms with Gasteiger partial charge in [-0.2, -0.15) is 4.98 Å². The number of hydrogen-bond acceptors (Lipinski definition) is 6. The van der Waals surface area contributed by atoms with Crippen molar-refractivity contribution in [1.29, 1.82) is 0 Å². The van der Waals surface area contributed by atoms with Crippen molar-refractivity contribution in [3.05, 3.63) is 60.3 Å². The highest BCUT2D eigenvalue weighted by Crippen LogP contribution is 2.22. The van der Waals surface area contributed by atoms with Crippen molar-refractivity contribution in [3.8, 4) is 5.75 Å². The molecule has 3 aromatic rings. The summed E-state index contributed by atoms with van der Waals surface area (Å²) in [5.41, 5.74) is 3.35. The molecule has 156 valence electrons. The number of methoxy groups -OCH3 is 1. The Morgan fingerprint density at radius 1 is 0.933 bits per heavy atom. The summed E-state index contributed by atoms with van der Waals surface area (Å²) >= 11 is 0. The Labute approximate surface area is 176 Å². The lowest BCUT2D eigenvalue weighted by Gasteiger charge is -2.11.